The summed E-state index contributed by atoms with van der Waals surface area (Å²) in [4.78, 5) is 18.8. The van der Waals surface area contributed by atoms with Crippen molar-refractivity contribution in [2.24, 2.45) is 0 Å². The van der Waals surface area contributed by atoms with Crippen LogP contribution in [0.15, 0.2) is 60.8 Å². The summed E-state index contributed by atoms with van der Waals surface area (Å²) in [6, 6.07) is 18.2. The van der Waals surface area contributed by atoms with Crippen LogP contribution in [0.25, 0.3) is 10.8 Å². The molecule has 1 aromatic heterocycles. The van der Waals surface area contributed by atoms with Crippen molar-refractivity contribution in [2.45, 2.75) is 31.8 Å². The first-order valence-corrected chi connectivity index (χ1v) is 9.56. The van der Waals surface area contributed by atoms with E-state index in [9.17, 15) is 9.90 Å². The van der Waals surface area contributed by atoms with Crippen LogP contribution in [0.1, 0.15) is 40.9 Å². The van der Waals surface area contributed by atoms with E-state index in [2.05, 4.69) is 35.3 Å². The van der Waals surface area contributed by atoms with Crippen LogP contribution in [0.2, 0.25) is 0 Å². The van der Waals surface area contributed by atoms with Crippen molar-refractivity contribution in [3.05, 3.63) is 77.6 Å². The minimum Gasteiger partial charge on any atom is -0.391 e. The highest BCUT2D eigenvalue weighted by atomic mass is 16.3. The van der Waals surface area contributed by atoms with Crippen LogP contribution in [0.4, 0.5) is 0 Å². The molecule has 2 unspecified atom stereocenters. The van der Waals surface area contributed by atoms with E-state index in [1.807, 2.05) is 25.1 Å². The van der Waals surface area contributed by atoms with Crippen LogP contribution in [-0.2, 0) is 6.42 Å². The molecule has 0 spiro atoms. The third kappa shape index (κ3) is 3.58. The number of carbonyl (C=O) groups is 1. The van der Waals surface area contributed by atoms with Gasteiger partial charge in [0.1, 0.15) is 0 Å². The van der Waals surface area contributed by atoms with Crippen LogP contribution in [0.5, 0.6) is 0 Å². The lowest BCUT2D eigenvalue weighted by Gasteiger charge is -2.36. The number of β-amino-alcohol motifs (C(OH)–C–C–N with tert-alkyl or cyclic N) is 1. The summed E-state index contributed by atoms with van der Waals surface area (Å²) < 4.78 is 0. The van der Waals surface area contributed by atoms with Crippen molar-refractivity contribution < 1.29 is 9.90 Å². The fourth-order valence-electron chi connectivity index (χ4n) is 3.93. The average molecular weight is 360 g/mol. The summed E-state index contributed by atoms with van der Waals surface area (Å²) >= 11 is 0. The molecule has 1 amide bonds. The second-order valence-electron chi connectivity index (χ2n) is 7.21. The van der Waals surface area contributed by atoms with Gasteiger partial charge in [-0.3, -0.25) is 9.78 Å². The second kappa shape index (κ2) is 7.49. The Morgan fingerprint density at radius 2 is 1.96 bits per heavy atom. The zero-order valence-electron chi connectivity index (χ0n) is 15.5. The number of amides is 1. The Bertz CT molecular complexity index is 969. The maximum atomic E-state index is 12.8. The lowest BCUT2D eigenvalue weighted by Crippen LogP contribution is -2.45. The van der Waals surface area contributed by atoms with Gasteiger partial charge in [0.2, 0.25) is 0 Å². The highest BCUT2D eigenvalue weighted by Gasteiger charge is 2.31. The van der Waals surface area contributed by atoms with Crippen LogP contribution in [0.3, 0.4) is 0 Å². The van der Waals surface area contributed by atoms with E-state index in [0.29, 0.717) is 18.7 Å². The third-order valence-corrected chi connectivity index (χ3v) is 5.50. The zero-order chi connectivity index (χ0) is 18.8. The van der Waals surface area contributed by atoms with Crippen LogP contribution in [0, 0.1) is 0 Å². The predicted octanol–water partition coefficient (Wildman–Crippen LogP) is 3.79. The van der Waals surface area contributed by atoms with Crippen molar-refractivity contribution in [2.75, 3.05) is 13.1 Å². The Kier molecular flexibility index (Phi) is 4.90. The summed E-state index contributed by atoms with van der Waals surface area (Å²) in [7, 11) is 0. The molecular weight excluding hydrogens is 336 g/mol. The maximum absolute atomic E-state index is 12.8. The number of benzene rings is 2. The average Bonchev–Trinajstić information content (AvgIpc) is 2.72. The van der Waals surface area contributed by atoms with Gasteiger partial charge in [0.05, 0.1) is 6.10 Å². The number of pyridine rings is 1. The molecule has 2 atom stereocenters. The minimum absolute atomic E-state index is 0.0249. The number of carbonyl (C=O) groups excluding carboxylic acids is 1. The number of piperidine rings is 1. The zero-order valence-corrected chi connectivity index (χ0v) is 15.5. The van der Waals surface area contributed by atoms with Gasteiger partial charge in [-0.25, -0.2) is 0 Å². The first kappa shape index (κ1) is 17.7. The number of likely N-dealkylation sites (tertiary alicyclic amines) is 1. The van der Waals surface area contributed by atoms with Crippen LogP contribution < -0.4 is 0 Å². The molecule has 4 rings (SSSR count). The molecule has 4 heteroatoms. The molecule has 27 heavy (non-hydrogen) atoms. The monoisotopic (exact) mass is 360 g/mol. The van der Waals surface area contributed by atoms with Gasteiger partial charge in [0, 0.05) is 36.5 Å². The molecule has 1 fully saturated rings. The van der Waals surface area contributed by atoms with Gasteiger partial charge in [0.25, 0.3) is 5.91 Å². The number of rotatable bonds is 3. The number of hydrogen-bond donors (Lipinski definition) is 1. The molecule has 1 aliphatic rings. The Balaban J connectivity index is 1.50. The first-order chi connectivity index (χ1) is 13.2. The molecular formula is C23H24N2O2. The van der Waals surface area contributed by atoms with E-state index in [-0.39, 0.29) is 11.8 Å². The number of aliphatic hydroxyl groups excluding tert-OH is 1. The van der Waals surface area contributed by atoms with Crippen LogP contribution in [-0.4, -0.2) is 40.1 Å². The molecule has 138 valence electrons. The highest BCUT2D eigenvalue weighted by Crippen LogP contribution is 2.31. The topological polar surface area (TPSA) is 53.4 Å². The first-order valence-electron chi connectivity index (χ1n) is 9.56. The number of aryl methyl sites for hydroxylation is 1. The van der Waals surface area contributed by atoms with E-state index in [4.69, 9.17) is 0 Å². The van der Waals surface area contributed by atoms with Gasteiger partial charge in [0.15, 0.2) is 0 Å². The van der Waals surface area contributed by atoms with Crippen molar-refractivity contribution in [1.82, 2.24) is 9.88 Å². The van der Waals surface area contributed by atoms with Crippen molar-refractivity contribution in [3.8, 4) is 0 Å². The van der Waals surface area contributed by atoms with Gasteiger partial charge in [-0.15, -0.1) is 0 Å². The van der Waals surface area contributed by atoms with Crippen LogP contribution >= 0.6 is 0 Å². The molecule has 2 heterocycles. The number of fused-ring (bicyclic) bond motifs is 1. The maximum Gasteiger partial charge on any atom is 0.254 e. The van der Waals surface area contributed by atoms with Gasteiger partial charge in [-0.2, -0.15) is 0 Å². The lowest BCUT2D eigenvalue weighted by atomic mass is 9.86. The third-order valence-electron chi connectivity index (χ3n) is 5.50. The largest absolute Gasteiger partial charge is 0.391 e. The molecule has 0 radical (unpaired) electrons. The summed E-state index contributed by atoms with van der Waals surface area (Å²) in [5.74, 6) is 0.0328. The van der Waals surface area contributed by atoms with Crippen molar-refractivity contribution in [3.63, 3.8) is 0 Å². The minimum atomic E-state index is -0.559. The normalized spacial score (nSPS) is 20.0. The summed E-state index contributed by atoms with van der Waals surface area (Å²) in [6.45, 7) is 3.03. The van der Waals surface area contributed by atoms with E-state index < -0.39 is 6.10 Å². The molecule has 0 bridgehead atoms. The molecule has 0 saturated carbocycles. The number of hydrogen-bond acceptors (Lipinski definition) is 3. The van der Waals surface area contributed by atoms with Crippen molar-refractivity contribution in [1.29, 1.82) is 0 Å². The Labute approximate surface area is 159 Å². The Hall–Kier alpha value is -2.72. The van der Waals surface area contributed by atoms with Gasteiger partial charge in [-0.05, 0) is 41.3 Å². The lowest BCUT2D eigenvalue weighted by molar-refractivity contribution is 0.0382. The standard InChI is InChI=1S/C23H24N2O2/c1-2-20-14-19(9-11-24-20)23(27)25-12-10-21(22(26)15-25)18-8-7-16-5-3-4-6-17(16)13-18/h3-9,11,13-14,21-22,26H,2,10,12,15H2,1H3. The molecule has 1 N–H and O–H groups in total. The SMILES string of the molecule is CCc1cc(C(=O)N2CCC(c3ccc4ccccc4c3)C(O)C2)ccn1. The summed E-state index contributed by atoms with van der Waals surface area (Å²) in [5, 5.41) is 13.1. The fourth-order valence-corrected chi connectivity index (χ4v) is 3.93. The molecule has 4 nitrogen and oxygen atoms in total. The van der Waals surface area contributed by atoms with E-state index in [1.165, 1.54) is 10.8 Å². The predicted molar refractivity (Wildman–Crippen MR) is 107 cm³/mol. The number of aromatic nitrogens is 1. The molecule has 1 aliphatic heterocycles. The number of nitrogens with zero attached hydrogens (tertiary/aromatic N) is 2. The smallest absolute Gasteiger partial charge is 0.254 e. The summed E-state index contributed by atoms with van der Waals surface area (Å²) in [5.41, 5.74) is 2.70. The summed E-state index contributed by atoms with van der Waals surface area (Å²) in [6.07, 6.45) is 2.69. The van der Waals surface area contributed by atoms with Gasteiger partial charge >= 0.3 is 0 Å². The molecule has 2 aromatic carbocycles. The highest BCUT2D eigenvalue weighted by molar-refractivity contribution is 5.94. The quantitative estimate of drug-likeness (QED) is 0.773. The molecule has 0 aliphatic carbocycles. The van der Waals surface area contributed by atoms with Gasteiger partial charge < -0.3 is 10.0 Å². The van der Waals surface area contributed by atoms with E-state index >= 15 is 0 Å². The van der Waals surface area contributed by atoms with E-state index in [0.717, 1.165) is 24.1 Å². The number of aliphatic hydroxyl groups is 1. The van der Waals surface area contributed by atoms with E-state index in [1.54, 1.807) is 17.2 Å². The fraction of sp³-hybridized carbons (Fsp3) is 0.304. The molecule has 3 aromatic rings. The van der Waals surface area contributed by atoms with Gasteiger partial charge in [-0.1, -0.05) is 49.4 Å². The van der Waals surface area contributed by atoms with Crippen molar-refractivity contribution >= 4 is 16.7 Å². The Morgan fingerprint density at radius 3 is 2.74 bits per heavy atom. The Morgan fingerprint density at radius 1 is 1.15 bits per heavy atom. The second-order valence-corrected chi connectivity index (χ2v) is 7.21. The molecule has 1 saturated heterocycles.